The summed E-state index contributed by atoms with van der Waals surface area (Å²) in [5.41, 5.74) is 0. The number of esters is 2. The monoisotopic (exact) mass is 947 g/mol. The molecule has 0 aliphatic carbocycles. The molecule has 1 unspecified atom stereocenters. The molecule has 0 heterocycles. The van der Waals surface area contributed by atoms with E-state index in [-0.39, 0.29) is 25.2 Å². The Bertz CT molecular complexity index is 1250. The van der Waals surface area contributed by atoms with Gasteiger partial charge in [0.2, 0.25) is 0 Å². The quantitative estimate of drug-likeness (QED) is 0.0345. The third kappa shape index (κ3) is 55.7. The first-order valence-corrected chi connectivity index (χ1v) is 29.1. The Balaban J connectivity index is 4.32. The second kappa shape index (κ2) is 58.4. The fourth-order valence-electron chi connectivity index (χ4n) is 8.06. The van der Waals surface area contributed by atoms with Crippen molar-refractivity contribution in [3.05, 3.63) is 85.1 Å². The summed E-state index contributed by atoms with van der Waals surface area (Å²) in [7, 11) is 0. The smallest absolute Gasteiger partial charge is 0.306 e. The maximum Gasteiger partial charge on any atom is 0.306 e. The van der Waals surface area contributed by atoms with E-state index in [1.165, 1.54) is 141 Å². The van der Waals surface area contributed by atoms with Gasteiger partial charge in [-0.2, -0.15) is 0 Å². The average Bonchev–Trinajstić information content (AvgIpc) is 3.34. The van der Waals surface area contributed by atoms with Gasteiger partial charge in [0.1, 0.15) is 6.61 Å². The topological polar surface area (TPSA) is 61.8 Å². The summed E-state index contributed by atoms with van der Waals surface area (Å²) in [5.74, 6) is -0.430. The molecule has 0 aromatic rings. The molecule has 0 spiro atoms. The molecule has 5 nitrogen and oxygen atoms in total. The van der Waals surface area contributed by atoms with Crippen molar-refractivity contribution >= 4 is 11.9 Å². The van der Waals surface area contributed by atoms with E-state index in [0.717, 1.165) is 103 Å². The van der Waals surface area contributed by atoms with Crippen molar-refractivity contribution < 1.29 is 23.8 Å². The first-order valence-electron chi connectivity index (χ1n) is 29.1. The molecule has 0 aromatic heterocycles. The predicted octanol–water partition coefficient (Wildman–Crippen LogP) is 20.0. The van der Waals surface area contributed by atoms with Gasteiger partial charge in [0.25, 0.3) is 0 Å². The van der Waals surface area contributed by atoms with Crippen LogP contribution >= 0.6 is 0 Å². The molecule has 0 aliphatic heterocycles. The molecule has 68 heavy (non-hydrogen) atoms. The van der Waals surface area contributed by atoms with E-state index in [1.807, 2.05) is 0 Å². The van der Waals surface area contributed by atoms with Crippen LogP contribution in [0.2, 0.25) is 0 Å². The van der Waals surface area contributed by atoms with Gasteiger partial charge in [0.15, 0.2) is 6.10 Å². The minimum Gasteiger partial charge on any atom is -0.462 e. The standard InChI is InChI=1S/C63H110O5/c1-4-7-10-13-16-19-22-25-28-30-31-32-34-37-40-43-46-49-52-55-58-66-59-61(68-63(65)57-54-51-48-45-42-39-35-27-24-21-18-15-12-9-6-3)60-67-62(64)56-53-50-47-44-41-38-36-33-29-26-23-20-17-14-11-8-5-2/h8,11,16-17,19-20,25-29,35-36,38,61H,4-7,9-10,12-15,18,21-24,30-34,37,39-60H2,1-3H3/b11-8-,19-16-,20-17-,28-25-,29-26-,35-27-,38-36-. The number of hydrogen-bond acceptors (Lipinski definition) is 5. The highest BCUT2D eigenvalue weighted by atomic mass is 16.6. The minimum atomic E-state index is -0.557. The summed E-state index contributed by atoms with van der Waals surface area (Å²) >= 11 is 0. The van der Waals surface area contributed by atoms with Crippen LogP contribution in [0, 0.1) is 0 Å². The van der Waals surface area contributed by atoms with Gasteiger partial charge in [-0.15, -0.1) is 0 Å². The van der Waals surface area contributed by atoms with Crippen molar-refractivity contribution in [1.82, 2.24) is 0 Å². The summed E-state index contributed by atoms with van der Waals surface area (Å²) in [5, 5.41) is 0. The number of rotatable bonds is 53. The highest BCUT2D eigenvalue weighted by Gasteiger charge is 2.17. The molecule has 392 valence electrons. The molecule has 1 atom stereocenters. The van der Waals surface area contributed by atoms with E-state index in [0.29, 0.717) is 19.4 Å². The van der Waals surface area contributed by atoms with E-state index in [9.17, 15) is 9.59 Å². The number of allylic oxidation sites excluding steroid dienone is 14. The van der Waals surface area contributed by atoms with Gasteiger partial charge in [-0.3, -0.25) is 9.59 Å². The molecule has 0 saturated carbocycles. The maximum atomic E-state index is 12.9. The molecule has 0 N–H and O–H groups in total. The van der Waals surface area contributed by atoms with Crippen LogP contribution in [0.1, 0.15) is 278 Å². The molecule has 0 bridgehead atoms. The van der Waals surface area contributed by atoms with Crippen molar-refractivity contribution in [3.63, 3.8) is 0 Å². The lowest BCUT2D eigenvalue weighted by atomic mass is 10.1. The highest BCUT2D eigenvalue weighted by Crippen LogP contribution is 2.14. The van der Waals surface area contributed by atoms with Gasteiger partial charge in [-0.1, -0.05) is 234 Å². The molecule has 5 heteroatoms. The van der Waals surface area contributed by atoms with Crippen LogP contribution in [-0.4, -0.2) is 37.9 Å². The van der Waals surface area contributed by atoms with Crippen molar-refractivity contribution in [2.45, 2.75) is 284 Å². The zero-order chi connectivity index (χ0) is 49.2. The Morgan fingerprint density at radius 2 is 0.662 bits per heavy atom. The van der Waals surface area contributed by atoms with Crippen LogP contribution in [0.4, 0.5) is 0 Å². The van der Waals surface area contributed by atoms with Crippen LogP contribution in [0.5, 0.6) is 0 Å². The summed E-state index contributed by atoms with van der Waals surface area (Å²) < 4.78 is 17.5. The first kappa shape index (κ1) is 65.1. The molecule has 0 saturated heterocycles. The molecule has 0 aliphatic rings. The van der Waals surface area contributed by atoms with Crippen LogP contribution in [0.15, 0.2) is 85.1 Å². The van der Waals surface area contributed by atoms with Crippen molar-refractivity contribution in [3.8, 4) is 0 Å². The fraction of sp³-hybridized carbons (Fsp3) is 0.746. The maximum absolute atomic E-state index is 12.9. The second-order valence-electron chi connectivity index (χ2n) is 19.2. The molecule has 0 amide bonds. The number of unbranched alkanes of at least 4 members (excludes halogenated alkanes) is 28. The van der Waals surface area contributed by atoms with Gasteiger partial charge in [-0.25, -0.2) is 0 Å². The molecular formula is C63H110O5. The molecule has 0 fully saturated rings. The van der Waals surface area contributed by atoms with Crippen LogP contribution in [0.25, 0.3) is 0 Å². The van der Waals surface area contributed by atoms with Crippen LogP contribution < -0.4 is 0 Å². The number of hydrogen-bond donors (Lipinski definition) is 0. The van der Waals surface area contributed by atoms with Crippen LogP contribution in [-0.2, 0) is 23.8 Å². The van der Waals surface area contributed by atoms with Crippen molar-refractivity contribution in [2.75, 3.05) is 19.8 Å². The molecule has 0 aromatic carbocycles. The van der Waals surface area contributed by atoms with Crippen LogP contribution in [0.3, 0.4) is 0 Å². The Hall–Kier alpha value is -2.92. The van der Waals surface area contributed by atoms with E-state index in [4.69, 9.17) is 14.2 Å². The largest absolute Gasteiger partial charge is 0.462 e. The van der Waals surface area contributed by atoms with E-state index in [1.54, 1.807) is 0 Å². The molecule has 0 radical (unpaired) electrons. The van der Waals surface area contributed by atoms with Crippen molar-refractivity contribution in [2.24, 2.45) is 0 Å². The highest BCUT2D eigenvalue weighted by molar-refractivity contribution is 5.70. The van der Waals surface area contributed by atoms with E-state index < -0.39 is 6.10 Å². The van der Waals surface area contributed by atoms with Gasteiger partial charge in [0.05, 0.1) is 6.61 Å². The van der Waals surface area contributed by atoms with E-state index in [2.05, 4.69) is 106 Å². The lowest BCUT2D eigenvalue weighted by molar-refractivity contribution is -0.163. The second-order valence-corrected chi connectivity index (χ2v) is 19.2. The third-order valence-corrected chi connectivity index (χ3v) is 12.4. The Kier molecular flexibility index (Phi) is 55.9. The van der Waals surface area contributed by atoms with Crippen molar-refractivity contribution in [1.29, 1.82) is 0 Å². The number of ether oxygens (including phenoxy) is 3. The SMILES string of the molecule is CC/C=C\C/C=C\C/C=C\C/C=C\CCCCCCC(=O)OCC(COCCCCCCCCCCCC/C=C\C/C=C\CCCCC)OC(=O)CCCCCCC/C=C\CCCCCCCC. The summed E-state index contributed by atoms with van der Waals surface area (Å²) in [6.07, 6.45) is 77.4. The minimum absolute atomic E-state index is 0.0658. The lowest BCUT2D eigenvalue weighted by Crippen LogP contribution is -2.30. The van der Waals surface area contributed by atoms with E-state index >= 15 is 0 Å². The zero-order valence-corrected chi connectivity index (χ0v) is 45.1. The Morgan fingerprint density at radius 1 is 0.338 bits per heavy atom. The van der Waals surface area contributed by atoms with Gasteiger partial charge in [-0.05, 0) is 116 Å². The normalized spacial score (nSPS) is 12.8. The van der Waals surface area contributed by atoms with Gasteiger partial charge < -0.3 is 14.2 Å². The first-order chi connectivity index (χ1) is 33.6. The summed E-state index contributed by atoms with van der Waals surface area (Å²) in [4.78, 5) is 25.5. The lowest BCUT2D eigenvalue weighted by Gasteiger charge is -2.18. The van der Waals surface area contributed by atoms with Gasteiger partial charge >= 0.3 is 11.9 Å². The average molecular weight is 948 g/mol. The zero-order valence-electron chi connectivity index (χ0n) is 45.1. The summed E-state index contributed by atoms with van der Waals surface area (Å²) in [6, 6.07) is 0. The summed E-state index contributed by atoms with van der Waals surface area (Å²) in [6.45, 7) is 7.67. The molecular weight excluding hydrogens is 837 g/mol. The molecule has 0 rings (SSSR count). The third-order valence-electron chi connectivity index (χ3n) is 12.4. The Labute approximate surface area is 422 Å². The number of carbonyl (C=O) groups is 2. The number of carbonyl (C=O) groups excluding carboxylic acids is 2. The Morgan fingerprint density at radius 3 is 1.10 bits per heavy atom. The fourth-order valence-corrected chi connectivity index (χ4v) is 8.06. The predicted molar refractivity (Wildman–Crippen MR) is 297 cm³/mol. The van der Waals surface area contributed by atoms with Gasteiger partial charge in [0, 0.05) is 19.4 Å².